The van der Waals surface area contributed by atoms with Gasteiger partial charge in [-0.05, 0) is 49.1 Å². The molecular formula is C24H34N4O5. The quantitative estimate of drug-likeness (QED) is 0.541. The van der Waals surface area contributed by atoms with Crippen LogP contribution in [0.3, 0.4) is 0 Å². The Labute approximate surface area is 194 Å². The maximum atomic E-state index is 13.2. The Kier molecular flexibility index (Phi) is 7.00. The molecule has 2 fully saturated rings. The topological polar surface area (TPSA) is 117 Å². The van der Waals surface area contributed by atoms with Gasteiger partial charge in [-0.25, -0.2) is 4.79 Å². The highest BCUT2D eigenvalue weighted by Gasteiger charge is 2.53. The third kappa shape index (κ3) is 5.12. The number of rotatable bonds is 7. The molecule has 0 radical (unpaired) electrons. The van der Waals surface area contributed by atoms with Crippen molar-refractivity contribution in [2.45, 2.75) is 65.3 Å². The number of imide groups is 1. The molecule has 0 unspecified atom stereocenters. The lowest BCUT2D eigenvalue weighted by Crippen LogP contribution is -2.51. The fourth-order valence-electron chi connectivity index (χ4n) is 4.73. The van der Waals surface area contributed by atoms with Crippen molar-refractivity contribution in [3.05, 3.63) is 18.2 Å². The largest absolute Gasteiger partial charge is 0.497 e. The summed E-state index contributed by atoms with van der Waals surface area (Å²) in [6.45, 7) is 7.61. The summed E-state index contributed by atoms with van der Waals surface area (Å²) in [6.07, 6.45) is 3.92. The van der Waals surface area contributed by atoms with E-state index in [1.54, 1.807) is 18.2 Å². The Morgan fingerprint density at radius 1 is 1.18 bits per heavy atom. The number of methoxy groups -OCH3 is 1. The first kappa shape index (κ1) is 24.5. The molecule has 1 saturated heterocycles. The van der Waals surface area contributed by atoms with Gasteiger partial charge in [-0.2, -0.15) is 0 Å². The molecule has 3 rings (SSSR count). The van der Waals surface area contributed by atoms with E-state index in [4.69, 9.17) is 4.74 Å². The fraction of sp³-hybridized carbons (Fsp3) is 0.583. The highest BCUT2D eigenvalue weighted by Crippen LogP contribution is 2.45. The van der Waals surface area contributed by atoms with Crippen LogP contribution in [0.2, 0.25) is 0 Å². The minimum atomic E-state index is -0.922. The summed E-state index contributed by atoms with van der Waals surface area (Å²) >= 11 is 0. The molecule has 1 heterocycles. The third-order valence-electron chi connectivity index (χ3n) is 7.21. The lowest BCUT2D eigenvalue weighted by atomic mass is 9.65. The lowest BCUT2D eigenvalue weighted by Gasteiger charge is -2.42. The molecule has 1 aromatic rings. The smallest absolute Gasteiger partial charge is 0.325 e. The fourth-order valence-corrected chi connectivity index (χ4v) is 4.73. The minimum absolute atomic E-state index is 0.190. The standard InChI is InChI=1S/C24H34N4O5/c1-6-23(3,4)16-9-11-24(12-10-16)21(31)28(22(32)27-24)14-20(30)26-19-13-17(33-5)7-8-18(19)25-15(2)29/h7-8,13,16H,6,9-12,14H2,1-5H3,(H,25,29)(H,26,30)(H,27,32). The van der Waals surface area contributed by atoms with Gasteiger partial charge in [0.2, 0.25) is 11.8 Å². The van der Waals surface area contributed by atoms with Crippen LogP contribution in [0.1, 0.15) is 59.8 Å². The van der Waals surface area contributed by atoms with Gasteiger partial charge in [0.1, 0.15) is 17.8 Å². The van der Waals surface area contributed by atoms with E-state index in [0.29, 0.717) is 35.9 Å². The predicted octanol–water partition coefficient (Wildman–Crippen LogP) is 3.51. The van der Waals surface area contributed by atoms with Gasteiger partial charge < -0.3 is 20.7 Å². The van der Waals surface area contributed by atoms with Gasteiger partial charge in [0.05, 0.1) is 18.5 Å². The van der Waals surface area contributed by atoms with Crippen LogP contribution in [0.5, 0.6) is 5.75 Å². The second kappa shape index (κ2) is 9.41. The molecule has 9 heteroatoms. The molecule has 0 atom stereocenters. The van der Waals surface area contributed by atoms with E-state index in [1.165, 1.54) is 14.0 Å². The van der Waals surface area contributed by atoms with Gasteiger partial charge in [0.25, 0.3) is 5.91 Å². The van der Waals surface area contributed by atoms with Crippen molar-refractivity contribution in [3.8, 4) is 5.75 Å². The summed E-state index contributed by atoms with van der Waals surface area (Å²) in [5, 5.41) is 8.18. The molecule has 180 valence electrons. The maximum Gasteiger partial charge on any atom is 0.325 e. The average molecular weight is 459 g/mol. The van der Waals surface area contributed by atoms with Crippen molar-refractivity contribution in [2.75, 3.05) is 24.3 Å². The number of anilines is 2. The second-order valence-electron chi connectivity index (χ2n) is 9.66. The highest BCUT2D eigenvalue weighted by molar-refractivity contribution is 6.10. The first-order valence-electron chi connectivity index (χ1n) is 11.4. The molecular weight excluding hydrogens is 424 g/mol. The van der Waals surface area contributed by atoms with Crippen LogP contribution in [-0.4, -0.2) is 47.8 Å². The van der Waals surface area contributed by atoms with Gasteiger partial charge in [0.15, 0.2) is 0 Å². The number of urea groups is 1. The van der Waals surface area contributed by atoms with Crippen LogP contribution >= 0.6 is 0 Å². The predicted molar refractivity (Wildman–Crippen MR) is 125 cm³/mol. The summed E-state index contributed by atoms with van der Waals surface area (Å²) in [7, 11) is 1.49. The van der Waals surface area contributed by atoms with E-state index in [-0.39, 0.29) is 17.2 Å². The summed E-state index contributed by atoms with van der Waals surface area (Å²) in [5.74, 6) is -0.205. The van der Waals surface area contributed by atoms with Crippen molar-refractivity contribution >= 4 is 35.1 Å². The van der Waals surface area contributed by atoms with E-state index in [0.717, 1.165) is 24.2 Å². The van der Waals surface area contributed by atoms with Gasteiger partial charge in [-0.15, -0.1) is 0 Å². The molecule has 2 aliphatic rings. The molecule has 1 aliphatic heterocycles. The summed E-state index contributed by atoms with van der Waals surface area (Å²) < 4.78 is 5.19. The Morgan fingerprint density at radius 2 is 1.85 bits per heavy atom. The maximum absolute atomic E-state index is 13.2. The molecule has 1 aliphatic carbocycles. The number of nitrogens with one attached hydrogen (secondary N) is 3. The highest BCUT2D eigenvalue weighted by atomic mass is 16.5. The van der Waals surface area contributed by atoms with E-state index in [2.05, 4.69) is 36.7 Å². The van der Waals surface area contributed by atoms with Crippen molar-refractivity contribution in [1.29, 1.82) is 0 Å². The van der Waals surface area contributed by atoms with Gasteiger partial charge in [0, 0.05) is 13.0 Å². The Balaban J connectivity index is 1.69. The molecule has 3 N–H and O–H groups in total. The molecule has 5 amide bonds. The van der Waals surface area contributed by atoms with Gasteiger partial charge >= 0.3 is 6.03 Å². The Bertz CT molecular complexity index is 950. The van der Waals surface area contributed by atoms with Crippen molar-refractivity contribution < 1.29 is 23.9 Å². The summed E-state index contributed by atoms with van der Waals surface area (Å²) in [4.78, 5) is 51.1. The molecule has 1 spiro atoms. The van der Waals surface area contributed by atoms with E-state index in [1.807, 2.05) is 0 Å². The first-order chi connectivity index (χ1) is 15.5. The van der Waals surface area contributed by atoms with Crippen LogP contribution in [0.4, 0.5) is 16.2 Å². The van der Waals surface area contributed by atoms with Crippen LogP contribution in [-0.2, 0) is 14.4 Å². The van der Waals surface area contributed by atoms with Crippen molar-refractivity contribution in [3.63, 3.8) is 0 Å². The number of benzene rings is 1. The van der Waals surface area contributed by atoms with E-state index in [9.17, 15) is 19.2 Å². The van der Waals surface area contributed by atoms with Gasteiger partial charge in [-0.1, -0.05) is 27.2 Å². The molecule has 9 nitrogen and oxygen atoms in total. The van der Waals surface area contributed by atoms with Crippen molar-refractivity contribution in [2.24, 2.45) is 11.3 Å². The Hall–Kier alpha value is -3.10. The minimum Gasteiger partial charge on any atom is -0.497 e. The van der Waals surface area contributed by atoms with Crippen LogP contribution in [0.15, 0.2) is 18.2 Å². The number of amides is 5. The molecule has 1 aromatic carbocycles. The summed E-state index contributed by atoms with van der Waals surface area (Å²) in [6, 6.07) is 4.27. The Morgan fingerprint density at radius 3 is 2.42 bits per heavy atom. The van der Waals surface area contributed by atoms with Crippen molar-refractivity contribution in [1.82, 2.24) is 10.2 Å². The second-order valence-corrected chi connectivity index (χ2v) is 9.66. The zero-order valence-corrected chi connectivity index (χ0v) is 20.0. The van der Waals surface area contributed by atoms with E-state index < -0.39 is 24.0 Å². The number of hydrogen-bond acceptors (Lipinski definition) is 5. The number of nitrogens with zero attached hydrogens (tertiary/aromatic N) is 1. The zero-order chi connectivity index (χ0) is 24.4. The number of carbonyl (C=O) groups is 4. The molecule has 33 heavy (non-hydrogen) atoms. The summed E-state index contributed by atoms with van der Waals surface area (Å²) in [5.41, 5.74) is -0.0229. The number of hydrogen-bond donors (Lipinski definition) is 3. The number of carbonyl (C=O) groups excluding carboxylic acids is 4. The van der Waals surface area contributed by atoms with Crippen LogP contribution in [0, 0.1) is 11.3 Å². The van der Waals surface area contributed by atoms with E-state index >= 15 is 0 Å². The first-order valence-corrected chi connectivity index (χ1v) is 11.4. The number of ether oxygens (including phenoxy) is 1. The zero-order valence-electron chi connectivity index (χ0n) is 20.0. The van der Waals surface area contributed by atoms with Gasteiger partial charge in [-0.3, -0.25) is 19.3 Å². The normalized spacial score (nSPS) is 22.8. The monoisotopic (exact) mass is 458 g/mol. The molecule has 1 saturated carbocycles. The molecule has 0 aromatic heterocycles. The lowest BCUT2D eigenvalue weighted by molar-refractivity contribution is -0.135. The SMILES string of the molecule is CCC(C)(C)C1CCC2(CC1)NC(=O)N(CC(=O)Nc1cc(OC)ccc1NC(C)=O)C2=O. The van der Waals surface area contributed by atoms with Crippen LogP contribution in [0.25, 0.3) is 0 Å². The van der Waals surface area contributed by atoms with Crippen LogP contribution < -0.4 is 20.7 Å². The average Bonchev–Trinajstić information content (AvgIpc) is 2.98. The molecule has 0 bridgehead atoms. The third-order valence-corrected chi connectivity index (χ3v) is 7.21.